The van der Waals surface area contributed by atoms with E-state index in [1.165, 1.54) is 22.3 Å². The summed E-state index contributed by atoms with van der Waals surface area (Å²) in [6, 6.07) is 17.2. The molecular weight excluding hydrogens is 308 g/mol. The van der Waals surface area contributed by atoms with Gasteiger partial charge >= 0.3 is 0 Å². The van der Waals surface area contributed by atoms with Gasteiger partial charge in [0.1, 0.15) is 0 Å². The Morgan fingerprint density at radius 2 is 1.76 bits per heavy atom. The van der Waals surface area contributed by atoms with Crippen molar-refractivity contribution in [2.75, 3.05) is 6.54 Å². The molecule has 0 radical (unpaired) electrons. The fraction of sp³-hybridized carbons (Fsp3) is 0.409. The molecular formula is C22H26N2O. The molecule has 1 heterocycles. The van der Waals surface area contributed by atoms with Crippen molar-refractivity contribution in [3.8, 4) is 0 Å². The van der Waals surface area contributed by atoms with Gasteiger partial charge in [-0.25, -0.2) is 0 Å². The second-order valence-electron chi connectivity index (χ2n) is 7.32. The van der Waals surface area contributed by atoms with E-state index in [1.807, 2.05) is 6.92 Å². The van der Waals surface area contributed by atoms with Gasteiger partial charge in [0.05, 0.1) is 12.1 Å². The summed E-state index contributed by atoms with van der Waals surface area (Å²) in [5, 5.41) is 3.32. The molecule has 1 N–H and O–H groups in total. The van der Waals surface area contributed by atoms with Crippen LogP contribution in [0.1, 0.15) is 48.1 Å². The molecule has 1 amide bonds. The molecule has 0 aromatic heterocycles. The lowest BCUT2D eigenvalue weighted by atomic mass is 9.87. The largest absolute Gasteiger partial charge is 0.348 e. The predicted octanol–water partition coefficient (Wildman–Crippen LogP) is 3.63. The van der Waals surface area contributed by atoms with Crippen LogP contribution in [0.15, 0.2) is 48.5 Å². The van der Waals surface area contributed by atoms with Gasteiger partial charge in [-0.05, 0) is 54.9 Å². The lowest BCUT2D eigenvalue weighted by Gasteiger charge is -2.34. The highest BCUT2D eigenvalue weighted by molar-refractivity contribution is 5.82. The molecule has 0 saturated heterocycles. The van der Waals surface area contributed by atoms with Crippen molar-refractivity contribution in [1.29, 1.82) is 0 Å². The Bertz CT molecular complexity index is 770. The number of nitrogens with one attached hydrogen (secondary N) is 1. The van der Waals surface area contributed by atoms with E-state index in [4.69, 9.17) is 0 Å². The van der Waals surface area contributed by atoms with E-state index in [0.29, 0.717) is 0 Å². The second-order valence-corrected chi connectivity index (χ2v) is 7.32. The fourth-order valence-electron chi connectivity index (χ4n) is 4.21. The van der Waals surface area contributed by atoms with Gasteiger partial charge in [-0.2, -0.15) is 0 Å². The summed E-state index contributed by atoms with van der Waals surface area (Å²) in [5.41, 5.74) is 5.47. The van der Waals surface area contributed by atoms with Crippen LogP contribution in [0.25, 0.3) is 0 Å². The smallest absolute Gasteiger partial charge is 0.237 e. The van der Waals surface area contributed by atoms with Gasteiger partial charge in [0.2, 0.25) is 5.91 Å². The molecule has 0 bridgehead atoms. The zero-order valence-electron chi connectivity index (χ0n) is 14.9. The maximum atomic E-state index is 12.9. The Morgan fingerprint density at radius 1 is 1.04 bits per heavy atom. The number of carbonyl (C=O) groups excluding carboxylic acids is 1. The normalized spacial score (nSPS) is 21.1. The van der Waals surface area contributed by atoms with Gasteiger partial charge in [-0.15, -0.1) is 0 Å². The van der Waals surface area contributed by atoms with Crippen LogP contribution >= 0.6 is 0 Å². The van der Waals surface area contributed by atoms with E-state index < -0.39 is 0 Å². The SMILES string of the molecule is C[C@@H](C(=O)N[C@H]1CCCc2ccccc21)N1CCc2ccccc2C1. The molecule has 0 saturated carbocycles. The second kappa shape index (κ2) is 7.01. The van der Waals surface area contributed by atoms with Crippen molar-refractivity contribution in [3.05, 3.63) is 70.8 Å². The quantitative estimate of drug-likeness (QED) is 0.930. The summed E-state index contributed by atoms with van der Waals surface area (Å²) in [6.07, 6.45) is 4.34. The molecule has 2 aromatic rings. The zero-order chi connectivity index (χ0) is 17.2. The highest BCUT2D eigenvalue weighted by Gasteiger charge is 2.28. The van der Waals surface area contributed by atoms with Gasteiger partial charge in [-0.1, -0.05) is 48.5 Å². The molecule has 1 aliphatic heterocycles. The van der Waals surface area contributed by atoms with Crippen LogP contribution in [0, 0.1) is 0 Å². The van der Waals surface area contributed by atoms with Gasteiger partial charge < -0.3 is 5.32 Å². The summed E-state index contributed by atoms with van der Waals surface area (Å²) in [4.78, 5) is 15.2. The first-order chi connectivity index (χ1) is 12.2. The number of carbonyl (C=O) groups is 1. The third-order valence-electron chi connectivity index (χ3n) is 5.77. The first-order valence-electron chi connectivity index (χ1n) is 9.41. The number of hydrogen-bond donors (Lipinski definition) is 1. The Kier molecular flexibility index (Phi) is 4.58. The first-order valence-corrected chi connectivity index (χ1v) is 9.41. The zero-order valence-corrected chi connectivity index (χ0v) is 14.9. The molecule has 2 aromatic carbocycles. The highest BCUT2D eigenvalue weighted by atomic mass is 16.2. The number of benzene rings is 2. The average molecular weight is 334 g/mol. The number of rotatable bonds is 3. The lowest BCUT2D eigenvalue weighted by Crippen LogP contribution is -2.48. The van der Waals surface area contributed by atoms with Crippen LogP contribution in [-0.4, -0.2) is 23.4 Å². The standard InChI is InChI=1S/C22H26N2O/c1-16(24-14-13-17-7-2-3-9-19(17)15-24)22(25)23-21-12-6-10-18-8-4-5-11-20(18)21/h2-5,7-9,11,16,21H,6,10,12-15H2,1H3,(H,23,25)/t16-,21-/m0/s1. The molecule has 0 spiro atoms. The van der Waals surface area contributed by atoms with Crippen molar-refractivity contribution in [3.63, 3.8) is 0 Å². The maximum Gasteiger partial charge on any atom is 0.237 e. The Labute approximate surface area is 150 Å². The van der Waals surface area contributed by atoms with Crippen LogP contribution in [0.5, 0.6) is 0 Å². The molecule has 0 fully saturated rings. The number of aryl methyl sites for hydroxylation is 1. The monoisotopic (exact) mass is 334 g/mol. The summed E-state index contributed by atoms with van der Waals surface area (Å²) in [5.74, 6) is 0.154. The van der Waals surface area contributed by atoms with Gasteiger partial charge in [-0.3, -0.25) is 9.69 Å². The number of amides is 1. The number of fused-ring (bicyclic) bond motifs is 2. The predicted molar refractivity (Wildman–Crippen MR) is 100 cm³/mol. The third-order valence-corrected chi connectivity index (χ3v) is 5.77. The first kappa shape index (κ1) is 16.3. The van der Waals surface area contributed by atoms with E-state index in [9.17, 15) is 4.79 Å². The van der Waals surface area contributed by atoms with Gasteiger partial charge in [0.25, 0.3) is 0 Å². The van der Waals surface area contributed by atoms with E-state index in [2.05, 4.69) is 58.7 Å². The van der Waals surface area contributed by atoms with Crippen molar-refractivity contribution >= 4 is 5.91 Å². The molecule has 0 unspecified atom stereocenters. The number of nitrogens with zero attached hydrogens (tertiary/aromatic N) is 1. The molecule has 25 heavy (non-hydrogen) atoms. The Morgan fingerprint density at radius 3 is 2.60 bits per heavy atom. The van der Waals surface area contributed by atoms with E-state index in [1.54, 1.807) is 0 Å². The Balaban J connectivity index is 1.44. The summed E-state index contributed by atoms with van der Waals surface area (Å²) < 4.78 is 0. The Hall–Kier alpha value is -2.13. The molecule has 2 aliphatic rings. The molecule has 3 nitrogen and oxygen atoms in total. The van der Waals surface area contributed by atoms with Crippen molar-refractivity contribution < 1.29 is 4.79 Å². The summed E-state index contributed by atoms with van der Waals surface area (Å²) in [7, 11) is 0. The minimum Gasteiger partial charge on any atom is -0.348 e. The van der Waals surface area contributed by atoms with E-state index in [0.717, 1.165) is 38.8 Å². The van der Waals surface area contributed by atoms with E-state index >= 15 is 0 Å². The maximum absolute atomic E-state index is 12.9. The average Bonchev–Trinajstić information content (AvgIpc) is 2.67. The van der Waals surface area contributed by atoms with E-state index in [-0.39, 0.29) is 18.0 Å². The van der Waals surface area contributed by atoms with Gasteiger partial charge in [0, 0.05) is 13.1 Å². The van der Waals surface area contributed by atoms with Crippen molar-refractivity contribution in [1.82, 2.24) is 10.2 Å². The van der Waals surface area contributed by atoms with Crippen LogP contribution in [-0.2, 0) is 24.2 Å². The number of hydrogen-bond acceptors (Lipinski definition) is 2. The molecule has 2 atom stereocenters. The van der Waals surface area contributed by atoms with Crippen LogP contribution in [0.2, 0.25) is 0 Å². The molecule has 3 heteroatoms. The topological polar surface area (TPSA) is 32.3 Å². The lowest BCUT2D eigenvalue weighted by molar-refractivity contribution is -0.127. The minimum absolute atomic E-state index is 0.0950. The van der Waals surface area contributed by atoms with Gasteiger partial charge in [0.15, 0.2) is 0 Å². The fourth-order valence-corrected chi connectivity index (χ4v) is 4.21. The summed E-state index contributed by atoms with van der Waals surface area (Å²) >= 11 is 0. The molecule has 4 rings (SSSR count). The van der Waals surface area contributed by atoms with Crippen molar-refractivity contribution in [2.45, 2.75) is 51.2 Å². The van der Waals surface area contributed by atoms with Crippen LogP contribution < -0.4 is 5.32 Å². The van der Waals surface area contributed by atoms with Crippen LogP contribution in [0.3, 0.4) is 0 Å². The minimum atomic E-state index is -0.0950. The third kappa shape index (κ3) is 3.34. The van der Waals surface area contributed by atoms with Crippen molar-refractivity contribution in [2.24, 2.45) is 0 Å². The molecule has 130 valence electrons. The van der Waals surface area contributed by atoms with Crippen LogP contribution in [0.4, 0.5) is 0 Å². The summed E-state index contributed by atoms with van der Waals surface area (Å²) in [6.45, 7) is 3.86. The highest BCUT2D eigenvalue weighted by Crippen LogP contribution is 2.29. The molecule has 1 aliphatic carbocycles.